The van der Waals surface area contributed by atoms with Crippen molar-refractivity contribution in [2.45, 2.75) is 6.04 Å². The van der Waals surface area contributed by atoms with Gasteiger partial charge in [-0.25, -0.2) is 13.1 Å². The van der Waals surface area contributed by atoms with Gasteiger partial charge in [0.15, 0.2) is 0 Å². The molecule has 1 atom stereocenters. The zero-order valence-corrected chi connectivity index (χ0v) is 16.3. The number of benzene rings is 1. The van der Waals surface area contributed by atoms with Crippen molar-refractivity contribution >= 4 is 15.7 Å². The van der Waals surface area contributed by atoms with Gasteiger partial charge in [0.2, 0.25) is 10.0 Å². The molecule has 1 aliphatic rings. The van der Waals surface area contributed by atoms with Gasteiger partial charge in [-0.1, -0.05) is 18.2 Å². The van der Waals surface area contributed by atoms with Crippen LogP contribution in [0.25, 0.3) is 0 Å². The van der Waals surface area contributed by atoms with Gasteiger partial charge in [-0.05, 0) is 24.7 Å². The molecule has 2 rings (SSSR count). The summed E-state index contributed by atoms with van der Waals surface area (Å²) in [6.07, 6.45) is 1.42. The Morgan fingerprint density at radius 2 is 1.80 bits per heavy atom. The fraction of sp³-hybridized carbons (Fsp3) is 0.556. The molecule has 25 heavy (non-hydrogen) atoms. The first-order chi connectivity index (χ1) is 11.8. The Balaban J connectivity index is 2.17. The molecule has 1 saturated heterocycles. The molecule has 0 bridgehead atoms. The molecule has 1 heterocycles. The summed E-state index contributed by atoms with van der Waals surface area (Å²) in [6.45, 7) is 7.74. The number of likely N-dealkylation sites (N-methyl/N-ethyl adjacent to an activating group) is 1. The van der Waals surface area contributed by atoms with Crippen molar-refractivity contribution in [3.05, 3.63) is 42.5 Å². The van der Waals surface area contributed by atoms with Gasteiger partial charge in [-0.15, -0.1) is 6.58 Å². The predicted molar refractivity (Wildman–Crippen MR) is 105 cm³/mol. The van der Waals surface area contributed by atoms with E-state index in [9.17, 15) is 8.42 Å². The highest BCUT2D eigenvalue weighted by Gasteiger charge is 2.25. The molecular formula is C18H30N4O2S. The number of hydrogen-bond acceptors (Lipinski definition) is 5. The van der Waals surface area contributed by atoms with Crippen LogP contribution in [0.3, 0.4) is 0 Å². The molecule has 1 N–H and O–H groups in total. The average molecular weight is 367 g/mol. The molecule has 6 nitrogen and oxygen atoms in total. The highest BCUT2D eigenvalue weighted by Crippen LogP contribution is 2.24. The van der Waals surface area contributed by atoms with Gasteiger partial charge in [0.25, 0.3) is 0 Å². The van der Waals surface area contributed by atoms with Crippen LogP contribution in [-0.2, 0) is 10.0 Å². The zero-order valence-electron chi connectivity index (χ0n) is 15.5. The Morgan fingerprint density at radius 1 is 1.20 bits per heavy atom. The third-order valence-electron chi connectivity index (χ3n) is 4.61. The van der Waals surface area contributed by atoms with Crippen molar-refractivity contribution in [3.63, 3.8) is 0 Å². The van der Waals surface area contributed by atoms with Crippen molar-refractivity contribution in [2.24, 2.45) is 0 Å². The number of anilines is 1. The molecule has 0 amide bonds. The zero-order chi connectivity index (χ0) is 18.4. The number of rotatable bonds is 8. The summed E-state index contributed by atoms with van der Waals surface area (Å²) in [7, 11) is 2.82. The van der Waals surface area contributed by atoms with Gasteiger partial charge < -0.3 is 9.80 Å². The first-order valence-corrected chi connectivity index (χ1v) is 10.3. The topological polar surface area (TPSA) is 55.9 Å². The highest BCUT2D eigenvalue weighted by molar-refractivity contribution is 7.89. The molecule has 0 spiro atoms. The quantitative estimate of drug-likeness (QED) is 0.700. The van der Waals surface area contributed by atoms with Crippen LogP contribution in [-0.4, -0.2) is 77.8 Å². The van der Waals surface area contributed by atoms with Crippen molar-refractivity contribution in [3.8, 4) is 0 Å². The fourth-order valence-electron chi connectivity index (χ4n) is 3.01. The fourth-order valence-corrected chi connectivity index (χ4v) is 3.85. The van der Waals surface area contributed by atoms with Crippen LogP contribution < -0.4 is 9.62 Å². The van der Waals surface area contributed by atoms with E-state index in [-0.39, 0.29) is 11.8 Å². The standard InChI is InChI=1S/C18H30N4O2S/c1-5-14-25(23,24)19-15-18(22-12-10-21(4)11-13-22)16-6-8-17(9-7-16)20(2)3/h5-9,18-19H,1,10-15H2,2-4H3. The van der Waals surface area contributed by atoms with E-state index in [0.29, 0.717) is 6.54 Å². The minimum atomic E-state index is -3.32. The van der Waals surface area contributed by atoms with Crippen LogP contribution >= 0.6 is 0 Å². The molecule has 0 aromatic heterocycles. The van der Waals surface area contributed by atoms with Gasteiger partial charge in [0.1, 0.15) is 0 Å². The summed E-state index contributed by atoms with van der Waals surface area (Å²) in [4.78, 5) is 6.72. The average Bonchev–Trinajstić information content (AvgIpc) is 2.57. The van der Waals surface area contributed by atoms with Crippen LogP contribution in [0, 0.1) is 0 Å². The van der Waals surface area contributed by atoms with Crippen LogP contribution in [0.4, 0.5) is 5.69 Å². The Labute approximate surface area is 152 Å². The number of piperazine rings is 1. The lowest BCUT2D eigenvalue weighted by molar-refractivity contribution is 0.113. The van der Waals surface area contributed by atoms with Gasteiger partial charge >= 0.3 is 0 Å². The highest BCUT2D eigenvalue weighted by atomic mass is 32.2. The number of hydrogen-bond donors (Lipinski definition) is 1. The molecule has 0 aliphatic carbocycles. The minimum Gasteiger partial charge on any atom is -0.378 e. The summed E-state index contributed by atoms with van der Waals surface area (Å²) in [5.74, 6) is -0.0535. The van der Waals surface area contributed by atoms with Gasteiger partial charge in [-0.3, -0.25) is 4.90 Å². The van der Waals surface area contributed by atoms with Crippen molar-refractivity contribution < 1.29 is 8.42 Å². The molecule has 1 fully saturated rings. The minimum absolute atomic E-state index is 0.0319. The number of sulfonamides is 1. The molecule has 0 saturated carbocycles. The Kier molecular flexibility index (Phi) is 7.01. The molecule has 7 heteroatoms. The van der Waals surface area contributed by atoms with E-state index in [4.69, 9.17) is 0 Å². The smallest absolute Gasteiger partial charge is 0.215 e. The van der Waals surface area contributed by atoms with Gasteiger partial charge in [0, 0.05) is 58.5 Å². The van der Waals surface area contributed by atoms with Gasteiger partial charge in [-0.2, -0.15) is 0 Å². The summed E-state index contributed by atoms with van der Waals surface area (Å²) in [6, 6.07) is 8.39. The normalized spacial score (nSPS) is 18.0. The van der Waals surface area contributed by atoms with E-state index in [1.54, 1.807) is 0 Å². The van der Waals surface area contributed by atoms with Crippen molar-refractivity contribution in [2.75, 3.05) is 64.5 Å². The third-order valence-corrected chi connectivity index (χ3v) is 5.89. The lowest BCUT2D eigenvalue weighted by Crippen LogP contribution is -2.48. The Hall–Kier alpha value is -1.41. The lowest BCUT2D eigenvalue weighted by atomic mass is 10.0. The summed E-state index contributed by atoms with van der Waals surface area (Å²) in [5.41, 5.74) is 2.27. The lowest BCUT2D eigenvalue weighted by Gasteiger charge is -2.38. The predicted octanol–water partition coefficient (Wildman–Crippen LogP) is 1.15. The monoisotopic (exact) mass is 366 g/mol. The van der Waals surface area contributed by atoms with Crippen molar-refractivity contribution in [1.82, 2.24) is 14.5 Å². The second kappa shape index (κ2) is 8.80. The Bertz CT molecular complexity index is 650. The maximum Gasteiger partial charge on any atom is 0.215 e. The summed E-state index contributed by atoms with van der Waals surface area (Å²) >= 11 is 0. The molecule has 1 unspecified atom stereocenters. The first-order valence-electron chi connectivity index (χ1n) is 8.60. The second-order valence-corrected chi connectivity index (χ2v) is 8.61. The molecule has 1 aromatic carbocycles. The van der Waals surface area contributed by atoms with Crippen LogP contribution in [0.5, 0.6) is 0 Å². The second-order valence-electron chi connectivity index (χ2n) is 6.76. The summed E-state index contributed by atoms with van der Waals surface area (Å²) < 4.78 is 26.8. The van der Waals surface area contributed by atoms with Crippen LogP contribution in [0.15, 0.2) is 36.9 Å². The van der Waals surface area contributed by atoms with Crippen LogP contribution in [0.2, 0.25) is 0 Å². The molecule has 1 aliphatic heterocycles. The largest absolute Gasteiger partial charge is 0.378 e. The summed E-state index contributed by atoms with van der Waals surface area (Å²) in [5, 5.41) is 0. The van der Waals surface area contributed by atoms with E-state index < -0.39 is 10.0 Å². The number of nitrogens with one attached hydrogen (secondary N) is 1. The molecule has 140 valence electrons. The maximum atomic E-state index is 12.0. The molecule has 0 radical (unpaired) electrons. The molecule has 1 aromatic rings. The van der Waals surface area contributed by atoms with E-state index in [0.717, 1.165) is 37.4 Å². The first kappa shape index (κ1) is 19.9. The van der Waals surface area contributed by atoms with E-state index >= 15 is 0 Å². The number of nitrogens with zero attached hydrogens (tertiary/aromatic N) is 3. The Morgan fingerprint density at radius 3 is 2.32 bits per heavy atom. The van der Waals surface area contributed by atoms with E-state index in [2.05, 4.69) is 57.3 Å². The third kappa shape index (κ3) is 5.81. The van der Waals surface area contributed by atoms with E-state index in [1.165, 1.54) is 6.08 Å². The van der Waals surface area contributed by atoms with E-state index in [1.807, 2.05) is 14.1 Å². The van der Waals surface area contributed by atoms with Crippen molar-refractivity contribution in [1.29, 1.82) is 0 Å². The van der Waals surface area contributed by atoms with Gasteiger partial charge in [0.05, 0.1) is 5.75 Å². The van der Waals surface area contributed by atoms with Crippen LogP contribution in [0.1, 0.15) is 11.6 Å². The SMILES string of the molecule is C=CCS(=O)(=O)NCC(c1ccc(N(C)C)cc1)N1CCN(C)CC1. The molecular weight excluding hydrogens is 336 g/mol. The maximum absolute atomic E-state index is 12.0.